The molecule has 0 aliphatic carbocycles. The lowest BCUT2D eigenvalue weighted by Crippen LogP contribution is -2.34. The molecule has 9 nitrogen and oxygen atoms in total. The number of hydrogen-bond acceptors (Lipinski definition) is 7. The van der Waals surface area contributed by atoms with Crippen LogP contribution >= 0.6 is 0 Å². The number of hydrogen-bond donors (Lipinski definition) is 1. The van der Waals surface area contributed by atoms with Gasteiger partial charge in [0.15, 0.2) is 0 Å². The molecule has 0 spiro atoms. The largest absolute Gasteiger partial charge is 0.491 e. The topological polar surface area (TPSA) is 119 Å². The Kier molecular flexibility index (Phi) is 7.21. The Morgan fingerprint density at radius 3 is 2.04 bits per heavy atom. The lowest BCUT2D eigenvalue weighted by molar-refractivity contribution is -0.385. The third-order valence-electron chi connectivity index (χ3n) is 3.94. The molecule has 0 saturated heterocycles. The molecule has 2 aromatic carbocycles. The highest BCUT2D eigenvalue weighted by molar-refractivity contribution is 5.36. The summed E-state index contributed by atoms with van der Waals surface area (Å²) in [5.41, 5.74) is 1.02. The summed E-state index contributed by atoms with van der Waals surface area (Å²) in [7, 11) is 1.86. The van der Waals surface area contributed by atoms with Crippen LogP contribution < -0.4 is 4.74 Å². The molecular formula is C18H21N3O6. The first kappa shape index (κ1) is 20.3. The van der Waals surface area contributed by atoms with Crippen molar-refractivity contribution in [2.75, 3.05) is 26.7 Å². The van der Waals surface area contributed by atoms with Crippen LogP contribution in [0.4, 0.5) is 11.4 Å². The Hall–Kier alpha value is -3.04. The molecule has 0 aliphatic rings. The quantitative estimate of drug-likeness (QED) is 0.500. The molecule has 1 atom stereocenters. The van der Waals surface area contributed by atoms with E-state index in [4.69, 9.17) is 4.74 Å². The predicted octanol–water partition coefficient (Wildman–Crippen LogP) is 2.42. The Morgan fingerprint density at radius 1 is 1.00 bits per heavy atom. The highest BCUT2D eigenvalue weighted by Crippen LogP contribution is 2.17. The van der Waals surface area contributed by atoms with Crippen LogP contribution in [0.3, 0.4) is 0 Å². The maximum atomic E-state index is 10.6. The number of likely N-dealkylation sites (N-methyl/N-ethyl adjacent to an activating group) is 1. The molecule has 0 aliphatic heterocycles. The van der Waals surface area contributed by atoms with Crippen molar-refractivity contribution in [3.63, 3.8) is 0 Å². The van der Waals surface area contributed by atoms with Crippen molar-refractivity contribution in [2.24, 2.45) is 0 Å². The number of nitrogens with zero attached hydrogens (tertiary/aromatic N) is 3. The standard InChI is InChI=1S/C18H21N3O6/c1-19(11-10-14-2-4-15(5-3-14)20(23)24)12-17(22)13-27-18-8-6-16(7-9-18)21(25)26/h2-9,17,22H,10-13H2,1H3. The number of nitro benzene ring substituents is 2. The fraction of sp³-hybridized carbons (Fsp3) is 0.333. The van der Waals surface area contributed by atoms with Crippen LogP contribution in [0.2, 0.25) is 0 Å². The van der Waals surface area contributed by atoms with Crippen molar-refractivity contribution in [3.05, 3.63) is 74.3 Å². The van der Waals surface area contributed by atoms with E-state index >= 15 is 0 Å². The zero-order valence-corrected chi connectivity index (χ0v) is 14.9. The van der Waals surface area contributed by atoms with Crippen molar-refractivity contribution in [1.29, 1.82) is 0 Å². The van der Waals surface area contributed by atoms with Crippen molar-refractivity contribution >= 4 is 11.4 Å². The Bertz CT molecular complexity index is 698. The predicted molar refractivity (Wildman–Crippen MR) is 98.9 cm³/mol. The zero-order valence-electron chi connectivity index (χ0n) is 14.9. The summed E-state index contributed by atoms with van der Waals surface area (Å²) < 4.78 is 5.44. The van der Waals surface area contributed by atoms with Gasteiger partial charge >= 0.3 is 0 Å². The fourth-order valence-corrected chi connectivity index (χ4v) is 2.46. The minimum absolute atomic E-state index is 0.0196. The molecule has 0 radical (unpaired) electrons. The van der Waals surface area contributed by atoms with E-state index in [0.29, 0.717) is 25.3 Å². The summed E-state index contributed by atoms with van der Waals surface area (Å²) in [6.45, 7) is 1.13. The van der Waals surface area contributed by atoms with E-state index in [2.05, 4.69) is 0 Å². The van der Waals surface area contributed by atoms with Gasteiger partial charge in [0.05, 0.1) is 9.85 Å². The Morgan fingerprint density at radius 2 is 1.52 bits per heavy atom. The molecule has 0 heterocycles. The molecule has 2 rings (SSSR count). The summed E-state index contributed by atoms with van der Waals surface area (Å²) in [4.78, 5) is 22.3. The average Bonchev–Trinajstić information content (AvgIpc) is 2.65. The van der Waals surface area contributed by atoms with Crippen LogP contribution in [0.5, 0.6) is 5.75 Å². The van der Waals surface area contributed by atoms with Crippen LogP contribution in [-0.2, 0) is 6.42 Å². The second-order valence-corrected chi connectivity index (χ2v) is 6.15. The van der Waals surface area contributed by atoms with Crippen molar-refractivity contribution in [3.8, 4) is 5.75 Å². The van der Waals surface area contributed by atoms with Gasteiger partial charge < -0.3 is 14.7 Å². The fourth-order valence-electron chi connectivity index (χ4n) is 2.46. The Labute approximate surface area is 156 Å². The molecule has 2 aromatic rings. The van der Waals surface area contributed by atoms with Crippen LogP contribution in [0.1, 0.15) is 5.56 Å². The SMILES string of the molecule is CN(CCc1ccc([N+](=O)[O-])cc1)CC(O)COc1ccc([N+](=O)[O-])cc1. The van der Waals surface area contributed by atoms with E-state index in [9.17, 15) is 25.3 Å². The molecule has 144 valence electrons. The summed E-state index contributed by atoms with van der Waals surface area (Å²) in [6, 6.07) is 12.1. The minimum Gasteiger partial charge on any atom is -0.491 e. The molecule has 0 amide bonds. The first-order valence-corrected chi connectivity index (χ1v) is 8.32. The lowest BCUT2D eigenvalue weighted by Gasteiger charge is -2.20. The van der Waals surface area contributed by atoms with Crippen LogP contribution in [-0.4, -0.2) is 52.7 Å². The second kappa shape index (κ2) is 9.60. The second-order valence-electron chi connectivity index (χ2n) is 6.15. The van der Waals surface area contributed by atoms with Gasteiger partial charge in [-0.25, -0.2) is 0 Å². The van der Waals surface area contributed by atoms with Gasteiger partial charge in [-0.2, -0.15) is 0 Å². The highest BCUT2D eigenvalue weighted by Gasteiger charge is 2.11. The Balaban J connectivity index is 1.72. The number of aliphatic hydroxyl groups is 1. The number of non-ortho nitro benzene ring substituents is 2. The van der Waals surface area contributed by atoms with E-state index < -0.39 is 16.0 Å². The van der Waals surface area contributed by atoms with Gasteiger partial charge in [-0.05, 0) is 31.2 Å². The van der Waals surface area contributed by atoms with E-state index in [0.717, 1.165) is 5.56 Å². The molecule has 0 fully saturated rings. The minimum atomic E-state index is -0.720. The highest BCUT2D eigenvalue weighted by atomic mass is 16.6. The molecular weight excluding hydrogens is 354 g/mol. The first-order chi connectivity index (χ1) is 12.8. The lowest BCUT2D eigenvalue weighted by atomic mass is 10.1. The van der Waals surface area contributed by atoms with Crippen LogP contribution in [0, 0.1) is 20.2 Å². The molecule has 0 bridgehead atoms. The van der Waals surface area contributed by atoms with E-state index in [1.54, 1.807) is 12.1 Å². The number of ether oxygens (including phenoxy) is 1. The van der Waals surface area contributed by atoms with E-state index in [1.165, 1.54) is 36.4 Å². The van der Waals surface area contributed by atoms with Gasteiger partial charge in [-0.1, -0.05) is 12.1 Å². The molecule has 0 saturated carbocycles. The van der Waals surface area contributed by atoms with Gasteiger partial charge in [-0.15, -0.1) is 0 Å². The van der Waals surface area contributed by atoms with Crippen molar-refractivity contribution in [2.45, 2.75) is 12.5 Å². The molecule has 9 heteroatoms. The zero-order chi connectivity index (χ0) is 19.8. The van der Waals surface area contributed by atoms with Gasteiger partial charge in [0.2, 0.25) is 0 Å². The van der Waals surface area contributed by atoms with Crippen molar-refractivity contribution < 1.29 is 19.7 Å². The summed E-state index contributed by atoms with van der Waals surface area (Å²) >= 11 is 0. The van der Waals surface area contributed by atoms with Gasteiger partial charge in [-0.3, -0.25) is 20.2 Å². The normalized spacial score (nSPS) is 12.0. The molecule has 1 unspecified atom stereocenters. The van der Waals surface area contributed by atoms with Gasteiger partial charge in [0.1, 0.15) is 18.5 Å². The third-order valence-corrected chi connectivity index (χ3v) is 3.94. The summed E-state index contributed by atoms with van der Waals surface area (Å²) in [6.07, 6.45) is -0.0215. The molecule has 1 N–H and O–H groups in total. The number of aliphatic hydroxyl groups excluding tert-OH is 1. The third kappa shape index (κ3) is 6.65. The summed E-state index contributed by atoms with van der Waals surface area (Å²) in [5.74, 6) is 0.452. The number of nitro groups is 2. The van der Waals surface area contributed by atoms with Gasteiger partial charge in [0.25, 0.3) is 11.4 Å². The number of rotatable bonds is 10. The van der Waals surface area contributed by atoms with E-state index in [-0.39, 0.29) is 18.0 Å². The van der Waals surface area contributed by atoms with Crippen LogP contribution in [0.25, 0.3) is 0 Å². The molecule has 27 heavy (non-hydrogen) atoms. The maximum absolute atomic E-state index is 10.6. The van der Waals surface area contributed by atoms with Crippen LogP contribution in [0.15, 0.2) is 48.5 Å². The van der Waals surface area contributed by atoms with E-state index in [1.807, 2.05) is 11.9 Å². The van der Waals surface area contributed by atoms with Gasteiger partial charge in [0, 0.05) is 37.4 Å². The average molecular weight is 375 g/mol. The monoisotopic (exact) mass is 375 g/mol. The smallest absolute Gasteiger partial charge is 0.269 e. The first-order valence-electron chi connectivity index (χ1n) is 8.32. The number of benzene rings is 2. The molecule has 0 aromatic heterocycles. The maximum Gasteiger partial charge on any atom is 0.269 e. The summed E-state index contributed by atoms with van der Waals surface area (Å²) in [5, 5.41) is 31.3. The van der Waals surface area contributed by atoms with Crippen molar-refractivity contribution in [1.82, 2.24) is 4.90 Å².